The molecule has 4 rings (SSSR count). The summed E-state index contributed by atoms with van der Waals surface area (Å²) in [6.45, 7) is 3.65. The average molecular weight is 399 g/mol. The van der Waals surface area contributed by atoms with Gasteiger partial charge >= 0.3 is 0 Å². The van der Waals surface area contributed by atoms with Crippen LogP contribution in [0.25, 0.3) is 11.4 Å². The molecule has 1 aromatic heterocycles. The predicted molar refractivity (Wildman–Crippen MR) is 109 cm³/mol. The molecule has 1 saturated heterocycles. The van der Waals surface area contributed by atoms with Crippen LogP contribution in [-0.2, 0) is 6.42 Å². The molecule has 146 valence electrons. The van der Waals surface area contributed by atoms with E-state index in [1.165, 1.54) is 5.56 Å². The van der Waals surface area contributed by atoms with Gasteiger partial charge in [-0.15, -0.1) is 0 Å². The quantitative estimate of drug-likeness (QED) is 0.684. The van der Waals surface area contributed by atoms with Crippen molar-refractivity contribution in [2.75, 3.05) is 33.3 Å². The van der Waals surface area contributed by atoms with Crippen molar-refractivity contribution >= 4 is 11.6 Å². The number of aromatic nitrogens is 2. The molecule has 7 heteroatoms. The van der Waals surface area contributed by atoms with Crippen LogP contribution in [0.4, 0.5) is 0 Å². The van der Waals surface area contributed by atoms with Gasteiger partial charge in [0.2, 0.25) is 11.7 Å². The summed E-state index contributed by atoms with van der Waals surface area (Å²) < 4.78 is 11.0. The van der Waals surface area contributed by atoms with Gasteiger partial charge in [-0.25, -0.2) is 0 Å². The summed E-state index contributed by atoms with van der Waals surface area (Å²) >= 11 is 5.94. The molecule has 28 heavy (non-hydrogen) atoms. The molecule has 0 bridgehead atoms. The van der Waals surface area contributed by atoms with Gasteiger partial charge in [-0.2, -0.15) is 4.98 Å². The summed E-state index contributed by atoms with van der Waals surface area (Å²) in [5.41, 5.74) is 2.10. The fourth-order valence-electron chi connectivity index (χ4n) is 3.57. The highest BCUT2D eigenvalue weighted by Gasteiger charge is 2.26. The van der Waals surface area contributed by atoms with E-state index in [2.05, 4.69) is 32.5 Å². The second-order valence-corrected chi connectivity index (χ2v) is 7.20. The van der Waals surface area contributed by atoms with Crippen LogP contribution in [-0.4, -0.2) is 48.3 Å². The molecule has 1 unspecified atom stereocenters. The SMILES string of the molecule is COc1ccccc1C1CNCCN1CCc1nc(-c2ccc(Cl)cc2)no1. The molecule has 1 aliphatic rings. The van der Waals surface area contributed by atoms with E-state index in [1.54, 1.807) is 7.11 Å². The van der Waals surface area contributed by atoms with E-state index in [9.17, 15) is 0 Å². The third kappa shape index (κ3) is 4.19. The number of hydrogen-bond acceptors (Lipinski definition) is 6. The molecule has 3 aromatic rings. The Morgan fingerprint density at radius 3 is 2.86 bits per heavy atom. The van der Waals surface area contributed by atoms with Crippen LogP contribution < -0.4 is 10.1 Å². The molecule has 0 aliphatic carbocycles. The highest BCUT2D eigenvalue weighted by atomic mass is 35.5. The standard InChI is InChI=1S/C21H23ClN4O2/c1-27-19-5-3-2-4-17(19)18-14-23-11-13-26(18)12-10-20-24-21(25-28-20)15-6-8-16(22)9-7-15/h2-9,18,23H,10-14H2,1H3. The second-order valence-electron chi connectivity index (χ2n) is 6.77. The Bertz CT molecular complexity index is 913. The fourth-order valence-corrected chi connectivity index (χ4v) is 3.70. The largest absolute Gasteiger partial charge is 0.496 e. The van der Waals surface area contributed by atoms with Crippen molar-refractivity contribution in [3.05, 3.63) is 65.0 Å². The lowest BCUT2D eigenvalue weighted by atomic mass is 10.0. The maximum atomic E-state index is 5.94. The monoisotopic (exact) mass is 398 g/mol. The van der Waals surface area contributed by atoms with Gasteiger partial charge < -0.3 is 14.6 Å². The lowest BCUT2D eigenvalue weighted by Crippen LogP contribution is -2.46. The van der Waals surface area contributed by atoms with Crippen molar-refractivity contribution in [1.29, 1.82) is 0 Å². The van der Waals surface area contributed by atoms with Crippen LogP contribution in [0.5, 0.6) is 5.75 Å². The molecule has 1 fully saturated rings. The van der Waals surface area contributed by atoms with Gasteiger partial charge in [-0.3, -0.25) is 4.90 Å². The minimum atomic E-state index is 0.253. The van der Waals surface area contributed by atoms with E-state index in [-0.39, 0.29) is 6.04 Å². The minimum Gasteiger partial charge on any atom is -0.496 e. The van der Waals surface area contributed by atoms with Crippen LogP contribution in [0.15, 0.2) is 53.1 Å². The van der Waals surface area contributed by atoms with Gasteiger partial charge in [0, 0.05) is 48.7 Å². The Kier molecular flexibility index (Phi) is 5.90. The highest BCUT2D eigenvalue weighted by Crippen LogP contribution is 2.30. The van der Waals surface area contributed by atoms with E-state index < -0.39 is 0 Å². The van der Waals surface area contributed by atoms with Crippen molar-refractivity contribution in [1.82, 2.24) is 20.4 Å². The summed E-state index contributed by atoms with van der Waals surface area (Å²) in [7, 11) is 1.72. The number of ether oxygens (including phenoxy) is 1. The third-order valence-corrected chi connectivity index (χ3v) is 5.29. The zero-order valence-corrected chi connectivity index (χ0v) is 16.5. The molecule has 0 spiro atoms. The van der Waals surface area contributed by atoms with Crippen LogP contribution >= 0.6 is 11.6 Å². The van der Waals surface area contributed by atoms with Gasteiger partial charge in [0.25, 0.3) is 0 Å². The van der Waals surface area contributed by atoms with Crippen molar-refractivity contribution in [3.63, 3.8) is 0 Å². The maximum absolute atomic E-state index is 5.94. The average Bonchev–Trinajstić information content (AvgIpc) is 3.22. The Labute approximate surface area is 169 Å². The van der Waals surface area contributed by atoms with E-state index in [0.717, 1.165) is 37.5 Å². The topological polar surface area (TPSA) is 63.4 Å². The molecule has 6 nitrogen and oxygen atoms in total. The number of methoxy groups -OCH3 is 1. The molecule has 1 N–H and O–H groups in total. The first-order valence-corrected chi connectivity index (χ1v) is 9.78. The Balaban J connectivity index is 1.45. The Morgan fingerprint density at radius 2 is 2.04 bits per heavy atom. The zero-order chi connectivity index (χ0) is 19.3. The van der Waals surface area contributed by atoms with Crippen molar-refractivity contribution in [2.24, 2.45) is 0 Å². The van der Waals surface area contributed by atoms with E-state index in [0.29, 0.717) is 23.2 Å². The van der Waals surface area contributed by atoms with Gasteiger partial charge in [-0.1, -0.05) is 35.0 Å². The third-order valence-electron chi connectivity index (χ3n) is 5.04. The highest BCUT2D eigenvalue weighted by molar-refractivity contribution is 6.30. The lowest BCUT2D eigenvalue weighted by molar-refractivity contribution is 0.156. The van der Waals surface area contributed by atoms with Crippen LogP contribution in [0, 0.1) is 0 Å². The number of halogens is 1. The number of para-hydroxylation sites is 1. The molecule has 1 aliphatic heterocycles. The van der Waals surface area contributed by atoms with E-state index in [1.807, 2.05) is 36.4 Å². The molecule has 1 atom stereocenters. The Morgan fingerprint density at radius 1 is 1.21 bits per heavy atom. The molecular weight excluding hydrogens is 376 g/mol. The number of benzene rings is 2. The smallest absolute Gasteiger partial charge is 0.228 e. The minimum absolute atomic E-state index is 0.253. The molecule has 0 saturated carbocycles. The lowest BCUT2D eigenvalue weighted by Gasteiger charge is -2.36. The van der Waals surface area contributed by atoms with E-state index in [4.69, 9.17) is 20.9 Å². The van der Waals surface area contributed by atoms with Crippen LogP contribution in [0.3, 0.4) is 0 Å². The summed E-state index contributed by atoms with van der Waals surface area (Å²) in [5, 5.41) is 8.28. The van der Waals surface area contributed by atoms with Gasteiger partial charge in [0.1, 0.15) is 5.75 Å². The maximum Gasteiger partial charge on any atom is 0.228 e. The van der Waals surface area contributed by atoms with Gasteiger partial charge in [0.05, 0.1) is 13.2 Å². The number of piperazine rings is 1. The summed E-state index contributed by atoms with van der Waals surface area (Å²) in [4.78, 5) is 6.98. The predicted octanol–water partition coefficient (Wildman–Crippen LogP) is 3.59. The summed E-state index contributed by atoms with van der Waals surface area (Å²) in [6.07, 6.45) is 0.701. The summed E-state index contributed by atoms with van der Waals surface area (Å²) in [6, 6.07) is 15.9. The van der Waals surface area contributed by atoms with Gasteiger partial charge in [0.15, 0.2) is 0 Å². The van der Waals surface area contributed by atoms with Gasteiger partial charge in [-0.05, 0) is 30.3 Å². The van der Waals surface area contributed by atoms with Crippen molar-refractivity contribution < 1.29 is 9.26 Å². The second kappa shape index (κ2) is 8.73. The normalized spacial score (nSPS) is 17.6. The molecule has 0 radical (unpaired) electrons. The fraction of sp³-hybridized carbons (Fsp3) is 0.333. The molecule has 2 heterocycles. The number of nitrogens with zero attached hydrogens (tertiary/aromatic N) is 3. The number of rotatable bonds is 6. The first-order valence-electron chi connectivity index (χ1n) is 9.41. The van der Waals surface area contributed by atoms with E-state index >= 15 is 0 Å². The molecule has 0 amide bonds. The van der Waals surface area contributed by atoms with Crippen molar-refractivity contribution in [3.8, 4) is 17.1 Å². The number of hydrogen-bond donors (Lipinski definition) is 1. The van der Waals surface area contributed by atoms with Crippen LogP contribution in [0.2, 0.25) is 5.02 Å². The first kappa shape index (κ1) is 18.9. The molecular formula is C21H23ClN4O2. The van der Waals surface area contributed by atoms with Crippen LogP contribution in [0.1, 0.15) is 17.5 Å². The summed E-state index contributed by atoms with van der Waals surface area (Å²) in [5.74, 6) is 2.15. The van der Waals surface area contributed by atoms with Crippen molar-refractivity contribution in [2.45, 2.75) is 12.5 Å². The number of nitrogens with one attached hydrogen (secondary N) is 1. The molecule has 2 aromatic carbocycles. The Hall–Kier alpha value is -2.41. The first-order chi connectivity index (χ1) is 13.7. The zero-order valence-electron chi connectivity index (χ0n) is 15.8.